The van der Waals surface area contributed by atoms with Gasteiger partial charge in [0.05, 0.1) is 11.4 Å². The molecule has 0 bridgehead atoms. The lowest BCUT2D eigenvalue weighted by molar-refractivity contribution is 0.640. The molecular formula is C24H26N2. The van der Waals surface area contributed by atoms with Crippen molar-refractivity contribution < 1.29 is 0 Å². The van der Waals surface area contributed by atoms with E-state index in [1.165, 1.54) is 22.5 Å². The van der Waals surface area contributed by atoms with Gasteiger partial charge in [0, 0.05) is 29.3 Å². The first-order valence-corrected chi connectivity index (χ1v) is 9.24. The smallest absolute Gasteiger partial charge is 0.0674 e. The summed E-state index contributed by atoms with van der Waals surface area (Å²) < 4.78 is 0. The number of rotatable bonds is 2. The largest absolute Gasteiger partial charge is 0.347 e. The van der Waals surface area contributed by atoms with Gasteiger partial charge in [-0.2, -0.15) is 0 Å². The molecule has 26 heavy (non-hydrogen) atoms. The number of hydrogen-bond donors (Lipinski definition) is 0. The summed E-state index contributed by atoms with van der Waals surface area (Å²) >= 11 is 0. The highest BCUT2D eigenvalue weighted by Crippen LogP contribution is 2.46. The molecule has 0 aliphatic carbocycles. The summed E-state index contributed by atoms with van der Waals surface area (Å²) in [6.45, 7) is 9.08. The van der Waals surface area contributed by atoms with Gasteiger partial charge in [0.1, 0.15) is 0 Å². The zero-order valence-electron chi connectivity index (χ0n) is 16.2. The van der Waals surface area contributed by atoms with Gasteiger partial charge < -0.3 is 4.90 Å². The summed E-state index contributed by atoms with van der Waals surface area (Å²) in [5, 5.41) is 0. The van der Waals surface area contributed by atoms with Crippen molar-refractivity contribution in [2.75, 3.05) is 11.9 Å². The van der Waals surface area contributed by atoms with Gasteiger partial charge in [-0.1, -0.05) is 70.2 Å². The monoisotopic (exact) mass is 342 g/mol. The van der Waals surface area contributed by atoms with E-state index >= 15 is 0 Å². The molecule has 2 aromatic rings. The number of hydrogen-bond acceptors (Lipinski definition) is 2. The molecule has 0 unspecified atom stereocenters. The van der Waals surface area contributed by atoms with E-state index < -0.39 is 0 Å². The van der Waals surface area contributed by atoms with E-state index in [1.807, 2.05) is 0 Å². The fourth-order valence-corrected chi connectivity index (χ4v) is 4.28. The van der Waals surface area contributed by atoms with E-state index in [-0.39, 0.29) is 10.8 Å². The molecule has 132 valence electrons. The van der Waals surface area contributed by atoms with Gasteiger partial charge in [-0.15, -0.1) is 0 Å². The minimum absolute atomic E-state index is 0.00561. The lowest BCUT2D eigenvalue weighted by atomic mass is 9.81. The molecule has 2 aliphatic heterocycles. The molecule has 0 saturated carbocycles. The summed E-state index contributed by atoms with van der Waals surface area (Å²) in [5.74, 6) is 0. The first kappa shape index (κ1) is 16.8. The van der Waals surface area contributed by atoms with Crippen LogP contribution in [-0.2, 0) is 10.8 Å². The molecule has 0 atom stereocenters. The van der Waals surface area contributed by atoms with Gasteiger partial charge in [0.25, 0.3) is 0 Å². The summed E-state index contributed by atoms with van der Waals surface area (Å²) in [7, 11) is 2.15. The van der Waals surface area contributed by atoms with Gasteiger partial charge in [-0.3, -0.25) is 4.99 Å². The number of likely N-dealkylation sites (N-methyl/N-ethyl adjacent to an activating group) is 1. The van der Waals surface area contributed by atoms with Gasteiger partial charge in [-0.25, -0.2) is 0 Å². The maximum Gasteiger partial charge on any atom is 0.0674 e. The molecule has 2 aromatic carbocycles. The highest BCUT2D eigenvalue weighted by atomic mass is 15.2. The number of para-hydroxylation sites is 2. The maximum absolute atomic E-state index is 4.85. The minimum atomic E-state index is -0.0499. The number of nitrogens with zero attached hydrogens (tertiary/aromatic N) is 2. The Kier molecular flexibility index (Phi) is 3.69. The number of benzene rings is 2. The molecule has 0 saturated heterocycles. The standard InChI is InChI=1S/C24H26N2/c1-23(2)17-11-6-8-13-19(17)25-21(23)15-10-16-22-24(3,4)18-12-7-9-14-20(18)26(22)5/h6-16H,1-5H3. The van der Waals surface area contributed by atoms with E-state index in [0.29, 0.717) is 0 Å². The van der Waals surface area contributed by atoms with Gasteiger partial charge >= 0.3 is 0 Å². The van der Waals surface area contributed by atoms with Crippen molar-refractivity contribution >= 4 is 17.1 Å². The number of fused-ring (bicyclic) bond motifs is 2. The topological polar surface area (TPSA) is 15.6 Å². The quantitative estimate of drug-likeness (QED) is 0.661. The average molecular weight is 342 g/mol. The molecular weight excluding hydrogens is 316 g/mol. The third kappa shape index (κ3) is 2.36. The Labute approximate surface area is 156 Å². The summed E-state index contributed by atoms with van der Waals surface area (Å²) in [6.07, 6.45) is 6.56. The van der Waals surface area contributed by atoms with E-state index in [4.69, 9.17) is 4.99 Å². The van der Waals surface area contributed by atoms with Gasteiger partial charge in [0.2, 0.25) is 0 Å². The second-order valence-electron chi connectivity index (χ2n) is 8.25. The van der Waals surface area contributed by atoms with E-state index in [1.54, 1.807) is 0 Å². The van der Waals surface area contributed by atoms with E-state index in [2.05, 4.69) is 106 Å². The fraction of sp³-hybridized carbons (Fsp3) is 0.292. The number of aliphatic imine (C=N–C) groups is 1. The zero-order chi connectivity index (χ0) is 18.5. The molecule has 4 rings (SSSR count). The molecule has 0 amide bonds. The molecule has 2 aliphatic rings. The van der Waals surface area contributed by atoms with E-state index in [9.17, 15) is 0 Å². The SMILES string of the molecule is CN1C(=CC=CC2=Nc3ccccc3C2(C)C)C(C)(C)c2ccccc21. The van der Waals surface area contributed by atoms with E-state index in [0.717, 1.165) is 11.4 Å². The molecule has 2 heteroatoms. The van der Waals surface area contributed by atoms with Crippen molar-refractivity contribution in [3.8, 4) is 0 Å². The lowest BCUT2D eigenvalue weighted by Crippen LogP contribution is -2.24. The predicted octanol–water partition coefficient (Wildman–Crippen LogP) is 5.92. The second-order valence-corrected chi connectivity index (χ2v) is 8.25. The first-order chi connectivity index (χ1) is 12.3. The van der Waals surface area contributed by atoms with Crippen LogP contribution in [0.15, 0.2) is 77.4 Å². The predicted molar refractivity (Wildman–Crippen MR) is 112 cm³/mol. The maximum atomic E-state index is 4.85. The van der Waals surface area contributed by atoms with Gasteiger partial charge in [0.15, 0.2) is 0 Å². The summed E-state index contributed by atoms with van der Waals surface area (Å²) in [6, 6.07) is 17.1. The van der Waals surface area contributed by atoms with Crippen molar-refractivity contribution in [2.24, 2.45) is 4.99 Å². The zero-order valence-corrected chi connectivity index (χ0v) is 16.2. The van der Waals surface area contributed by atoms with Crippen LogP contribution >= 0.6 is 0 Å². The van der Waals surface area contributed by atoms with Crippen LogP contribution in [0.1, 0.15) is 38.8 Å². The Bertz CT molecular complexity index is 958. The molecule has 0 spiro atoms. The van der Waals surface area contributed by atoms with Crippen LogP contribution in [0.5, 0.6) is 0 Å². The highest BCUT2D eigenvalue weighted by molar-refractivity contribution is 6.08. The van der Waals surface area contributed by atoms with Crippen molar-refractivity contribution in [3.05, 3.63) is 83.6 Å². The fourth-order valence-electron chi connectivity index (χ4n) is 4.28. The molecule has 0 aromatic heterocycles. The van der Waals surface area contributed by atoms with Crippen LogP contribution in [0.3, 0.4) is 0 Å². The third-order valence-electron chi connectivity index (χ3n) is 5.91. The van der Waals surface area contributed by atoms with Crippen LogP contribution in [0.4, 0.5) is 11.4 Å². The molecule has 2 nitrogen and oxygen atoms in total. The first-order valence-electron chi connectivity index (χ1n) is 9.24. The molecule has 0 fully saturated rings. The lowest BCUT2D eigenvalue weighted by Gasteiger charge is -2.24. The van der Waals surface area contributed by atoms with Crippen LogP contribution in [0, 0.1) is 0 Å². The highest BCUT2D eigenvalue weighted by Gasteiger charge is 2.38. The van der Waals surface area contributed by atoms with Crippen molar-refractivity contribution in [3.63, 3.8) is 0 Å². The van der Waals surface area contributed by atoms with Crippen LogP contribution in [0.25, 0.3) is 0 Å². The Balaban J connectivity index is 1.66. The Morgan fingerprint density at radius 1 is 0.846 bits per heavy atom. The number of anilines is 1. The normalized spacial score (nSPS) is 21.2. The molecule has 2 heterocycles. The minimum Gasteiger partial charge on any atom is -0.347 e. The number of allylic oxidation sites excluding steroid dienone is 4. The third-order valence-corrected chi connectivity index (χ3v) is 5.91. The van der Waals surface area contributed by atoms with Gasteiger partial charge in [-0.05, 0) is 35.4 Å². The Morgan fingerprint density at radius 2 is 1.50 bits per heavy atom. The van der Waals surface area contributed by atoms with Crippen LogP contribution in [0.2, 0.25) is 0 Å². The summed E-state index contributed by atoms with van der Waals surface area (Å²) in [4.78, 5) is 7.15. The second kappa shape index (κ2) is 5.70. The van der Waals surface area contributed by atoms with Crippen molar-refractivity contribution in [2.45, 2.75) is 38.5 Å². The molecule has 0 N–H and O–H groups in total. The molecule has 0 radical (unpaired) electrons. The van der Waals surface area contributed by atoms with Crippen LogP contribution < -0.4 is 4.90 Å². The van der Waals surface area contributed by atoms with Crippen molar-refractivity contribution in [1.82, 2.24) is 0 Å². The van der Waals surface area contributed by atoms with Crippen molar-refractivity contribution in [1.29, 1.82) is 0 Å². The Morgan fingerprint density at radius 3 is 2.19 bits per heavy atom. The average Bonchev–Trinajstić information content (AvgIpc) is 2.99. The Hall–Kier alpha value is -2.61. The van der Waals surface area contributed by atoms with Crippen LogP contribution in [-0.4, -0.2) is 12.8 Å². The summed E-state index contributed by atoms with van der Waals surface area (Å²) in [5.41, 5.74) is 7.46.